The summed E-state index contributed by atoms with van der Waals surface area (Å²) in [5.41, 5.74) is -0.700. The number of carbonyl (C=O) groups excluding carboxylic acids is 2. The first-order chi connectivity index (χ1) is 10.4. The number of aliphatic imine (C=N–C) groups is 1. The largest absolute Gasteiger partial charge is 0.450 e. The Morgan fingerprint density at radius 2 is 2.09 bits per heavy atom. The number of carbonyl (C=O) groups is 2. The highest BCUT2D eigenvalue weighted by Gasteiger charge is 2.19. The van der Waals surface area contributed by atoms with Crippen LogP contribution in [-0.2, 0) is 9.53 Å². The number of hydrogen-bond donors (Lipinski definition) is 1. The molecule has 0 aliphatic rings. The van der Waals surface area contributed by atoms with Crippen LogP contribution in [0, 0.1) is 28.9 Å². The molecule has 0 spiro atoms. The van der Waals surface area contributed by atoms with Crippen molar-refractivity contribution in [3.8, 4) is 6.07 Å². The maximum Gasteiger partial charge on any atom is 0.413 e. The van der Waals surface area contributed by atoms with E-state index in [0.29, 0.717) is 6.21 Å². The molecule has 0 saturated heterocycles. The summed E-state index contributed by atoms with van der Waals surface area (Å²) >= 11 is 5.45. The molecule has 0 fully saturated rings. The molecule has 0 aliphatic carbocycles. The Morgan fingerprint density at radius 3 is 2.59 bits per heavy atom. The Labute approximate surface area is 129 Å². The Kier molecular flexibility index (Phi) is 6.41. The topological polar surface area (TPSA) is 91.5 Å². The Hall–Kier alpha value is -2.53. The van der Waals surface area contributed by atoms with E-state index in [2.05, 4.69) is 9.73 Å². The van der Waals surface area contributed by atoms with E-state index in [-0.39, 0.29) is 11.6 Å². The van der Waals surface area contributed by atoms with Crippen molar-refractivity contribution in [3.63, 3.8) is 0 Å². The maximum atomic E-state index is 13.5. The van der Waals surface area contributed by atoms with Crippen LogP contribution in [0.3, 0.4) is 0 Å². The molecule has 2 amide bonds. The van der Waals surface area contributed by atoms with Crippen LogP contribution in [0.4, 0.5) is 19.3 Å². The van der Waals surface area contributed by atoms with Crippen LogP contribution in [0.1, 0.15) is 6.92 Å². The molecule has 1 aromatic rings. The lowest BCUT2D eigenvalue weighted by Gasteiger charge is -2.05. The van der Waals surface area contributed by atoms with Crippen molar-refractivity contribution in [1.29, 1.82) is 5.26 Å². The van der Waals surface area contributed by atoms with E-state index >= 15 is 0 Å². The Morgan fingerprint density at radius 1 is 1.50 bits per heavy atom. The summed E-state index contributed by atoms with van der Waals surface area (Å²) in [4.78, 5) is 26.0. The van der Waals surface area contributed by atoms with Gasteiger partial charge in [0.1, 0.15) is 5.69 Å². The van der Waals surface area contributed by atoms with Crippen LogP contribution >= 0.6 is 11.6 Å². The number of rotatable bonds is 4. The molecule has 1 rings (SSSR count). The van der Waals surface area contributed by atoms with Crippen molar-refractivity contribution in [1.82, 2.24) is 5.32 Å². The first-order valence-corrected chi connectivity index (χ1v) is 6.32. The number of nitriles is 1. The molecular weight excluding hydrogens is 320 g/mol. The lowest BCUT2D eigenvalue weighted by atomic mass is 10.2. The summed E-state index contributed by atoms with van der Waals surface area (Å²) in [6, 6.07) is 3.19. The molecule has 1 unspecified atom stereocenters. The SMILES string of the molecule is CCOC(=O)NC(=O)C(C#N)C=Nc1c(F)cc(Cl)cc1F. The van der Waals surface area contributed by atoms with E-state index in [1.54, 1.807) is 5.32 Å². The molecule has 0 radical (unpaired) electrons. The van der Waals surface area contributed by atoms with Gasteiger partial charge in [-0.3, -0.25) is 15.1 Å². The predicted molar refractivity (Wildman–Crippen MR) is 73.8 cm³/mol. The van der Waals surface area contributed by atoms with E-state index in [1.807, 2.05) is 0 Å². The lowest BCUT2D eigenvalue weighted by Crippen LogP contribution is -2.36. The number of alkyl carbamates (subject to hydrolysis) is 1. The number of nitrogens with one attached hydrogen (secondary N) is 1. The zero-order valence-electron chi connectivity index (χ0n) is 11.3. The fourth-order valence-corrected chi connectivity index (χ4v) is 1.50. The zero-order chi connectivity index (χ0) is 16.7. The molecular formula is C13H10ClF2N3O3. The fraction of sp³-hybridized carbons (Fsp3) is 0.231. The average Bonchev–Trinajstić information content (AvgIpc) is 2.41. The summed E-state index contributed by atoms with van der Waals surface area (Å²) in [7, 11) is 0. The number of benzene rings is 1. The van der Waals surface area contributed by atoms with Crippen LogP contribution < -0.4 is 5.32 Å². The molecule has 0 aliphatic heterocycles. The van der Waals surface area contributed by atoms with Gasteiger partial charge in [-0.2, -0.15) is 5.26 Å². The van der Waals surface area contributed by atoms with Gasteiger partial charge >= 0.3 is 6.09 Å². The highest BCUT2D eigenvalue weighted by molar-refractivity contribution is 6.30. The second-order valence-corrected chi connectivity index (χ2v) is 4.25. The van der Waals surface area contributed by atoms with E-state index < -0.39 is 35.2 Å². The molecule has 0 saturated carbocycles. The Balaban J connectivity index is 2.89. The third-order valence-electron chi connectivity index (χ3n) is 2.26. The normalized spacial score (nSPS) is 11.8. The van der Waals surface area contributed by atoms with Gasteiger partial charge in [0.15, 0.2) is 17.6 Å². The minimum absolute atomic E-state index is 0.0334. The molecule has 1 atom stereocenters. The van der Waals surface area contributed by atoms with Crippen molar-refractivity contribution in [3.05, 3.63) is 28.8 Å². The van der Waals surface area contributed by atoms with Gasteiger partial charge in [0.2, 0.25) is 0 Å². The number of halogens is 3. The van der Waals surface area contributed by atoms with Crippen LogP contribution in [0.2, 0.25) is 5.02 Å². The molecule has 9 heteroatoms. The van der Waals surface area contributed by atoms with E-state index in [4.69, 9.17) is 16.9 Å². The third-order valence-corrected chi connectivity index (χ3v) is 2.47. The predicted octanol–water partition coefficient (Wildman–Crippen LogP) is 2.73. The van der Waals surface area contributed by atoms with Gasteiger partial charge in [0, 0.05) is 11.2 Å². The first kappa shape index (κ1) is 17.5. The minimum Gasteiger partial charge on any atom is -0.450 e. The van der Waals surface area contributed by atoms with Gasteiger partial charge in [0.05, 0.1) is 12.7 Å². The third kappa shape index (κ3) is 4.79. The van der Waals surface area contributed by atoms with E-state index in [0.717, 1.165) is 12.1 Å². The summed E-state index contributed by atoms with van der Waals surface area (Å²) < 4.78 is 31.4. The average molecular weight is 330 g/mol. The van der Waals surface area contributed by atoms with Crippen LogP contribution in [0.15, 0.2) is 17.1 Å². The maximum absolute atomic E-state index is 13.5. The summed E-state index contributed by atoms with van der Waals surface area (Å²) in [6.07, 6.45) is -0.325. The first-order valence-electron chi connectivity index (χ1n) is 5.95. The summed E-state index contributed by atoms with van der Waals surface area (Å²) in [6.45, 7) is 1.56. The molecule has 1 aromatic carbocycles. The standard InChI is InChI=1S/C13H10ClF2N3O3/c1-2-22-13(21)19-12(20)7(5-17)6-18-11-9(15)3-8(14)4-10(11)16/h3-4,6-7H,2H2,1H3,(H,19,20,21). The number of ether oxygens (including phenoxy) is 1. The zero-order valence-corrected chi connectivity index (χ0v) is 12.0. The molecule has 6 nitrogen and oxygen atoms in total. The van der Waals surface area contributed by atoms with Gasteiger partial charge in [0.25, 0.3) is 5.91 Å². The van der Waals surface area contributed by atoms with Crippen molar-refractivity contribution in [2.45, 2.75) is 6.92 Å². The molecule has 0 heterocycles. The van der Waals surface area contributed by atoms with Crippen LogP contribution in [0.25, 0.3) is 0 Å². The summed E-state index contributed by atoms with van der Waals surface area (Å²) in [5, 5.41) is 10.5. The quantitative estimate of drug-likeness (QED) is 0.860. The van der Waals surface area contributed by atoms with Gasteiger partial charge < -0.3 is 4.74 Å². The minimum atomic E-state index is -1.53. The molecule has 1 N–H and O–H groups in total. The van der Waals surface area contributed by atoms with Crippen molar-refractivity contribution in [2.75, 3.05) is 6.61 Å². The van der Waals surface area contributed by atoms with Crippen molar-refractivity contribution >= 4 is 35.5 Å². The van der Waals surface area contributed by atoms with E-state index in [1.165, 1.54) is 13.0 Å². The highest BCUT2D eigenvalue weighted by atomic mass is 35.5. The van der Waals surface area contributed by atoms with Crippen molar-refractivity contribution in [2.24, 2.45) is 10.9 Å². The van der Waals surface area contributed by atoms with Crippen LogP contribution in [0.5, 0.6) is 0 Å². The monoisotopic (exact) mass is 329 g/mol. The lowest BCUT2D eigenvalue weighted by molar-refractivity contribution is -0.121. The second kappa shape index (κ2) is 8.05. The highest BCUT2D eigenvalue weighted by Crippen LogP contribution is 2.25. The molecule has 0 aromatic heterocycles. The van der Waals surface area contributed by atoms with Gasteiger partial charge in [-0.15, -0.1) is 0 Å². The molecule has 0 bridgehead atoms. The van der Waals surface area contributed by atoms with Gasteiger partial charge in [-0.25, -0.2) is 13.6 Å². The van der Waals surface area contributed by atoms with Gasteiger partial charge in [-0.05, 0) is 19.1 Å². The number of nitrogens with zero attached hydrogens (tertiary/aromatic N) is 2. The second-order valence-electron chi connectivity index (χ2n) is 3.81. The number of imide groups is 1. The number of hydrogen-bond acceptors (Lipinski definition) is 5. The van der Waals surface area contributed by atoms with Crippen LogP contribution in [-0.4, -0.2) is 24.8 Å². The number of amides is 2. The smallest absolute Gasteiger partial charge is 0.413 e. The molecule has 116 valence electrons. The van der Waals surface area contributed by atoms with Gasteiger partial charge in [-0.1, -0.05) is 11.6 Å². The fourth-order valence-electron chi connectivity index (χ4n) is 1.31. The summed E-state index contributed by atoms with van der Waals surface area (Å²) in [5.74, 6) is -4.66. The van der Waals surface area contributed by atoms with Crippen molar-refractivity contribution < 1.29 is 23.1 Å². The molecule has 22 heavy (non-hydrogen) atoms. The van der Waals surface area contributed by atoms with E-state index in [9.17, 15) is 18.4 Å². The Bertz CT molecular complexity index is 635.